The molecule has 0 unspecified atom stereocenters. The second-order valence-corrected chi connectivity index (χ2v) is 9.15. The molecule has 0 saturated carbocycles. The summed E-state index contributed by atoms with van der Waals surface area (Å²) in [5, 5.41) is 25.3. The lowest BCUT2D eigenvalue weighted by Gasteiger charge is -2.49. The molecule has 0 bridgehead atoms. The molecule has 2 heteroatoms. The van der Waals surface area contributed by atoms with Crippen LogP contribution in [0.3, 0.4) is 0 Å². The van der Waals surface area contributed by atoms with Gasteiger partial charge in [-0.05, 0) is 35.1 Å². The van der Waals surface area contributed by atoms with E-state index in [9.17, 15) is 10.2 Å². The molecule has 0 fully saturated rings. The van der Waals surface area contributed by atoms with E-state index in [0.717, 1.165) is 22.3 Å². The van der Waals surface area contributed by atoms with Gasteiger partial charge in [-0.1, -0.05) is 133 Å². The first-order chi connectivity index (χ1) is 16.6. The number of hydrogen-bond acceptors (Lipinski definition) is 2. The molecule has 0 saturated heterocycles. The Morgan fingerprint density at radius 1 is 0.412 bits per heavy atom. The first-order valence-electron chi connectivity index (χ1n) is 12.0. The Kier molecular flexibility index (Phi) is 6.19. The number of aliphatic hydroxyl groups is 2. The van der Waals surface area contributed by atoms with Crippen LogP contribution in [0.5, 0.6) is 0 Å². The Hall–Kier alpha value is -3.46. The molecule has 0 spiro atoms. The van der Waals surface area contributed by atoms with Crippen LogP contribution in [0.4, 0.5) is 0 Å². The van der Waals surface area contributed by atoms with E-state index in [0.29, 0.717) is 12.8 Å². The molecule has 2 atom stereocenters. The zero-order valence-electron chi connectivity index (χ0n) is 19.2. The first-order valence-corrected chi connectivity index (χ1v) is 12.0. The minimum absolute atomic E-state index is 0.257. The third kappa shape index (κ3) is 3.79. The van der Waals surface area contributed by atoms with Crippen molar-refractivity contribution in [2.45, 2.75) is 24.0 Å². The maximum atomic E-state index is 12.7. The van der Waals surface area contributed by atoms with E-state index in [-0.39, 0.29) is 11.8 Å². The van der Waals surface area contributed by atoms with Gasteiger partial charge in [0.15, 0.2) is 0 Å². The van der Waals surface area contributed by atoms with E-state index in [1.54, 1.807) is 0 Å². The van der Waals surface area contributed by atoms with Crippen molar-refractivity contribution in [2.75, 3.05) is 0 Å². The Morgan fingerprint density at radius 2 is 0.647 bits per heavy atom. The SMILES string of the molecule is OC(c1ccccc1)(c1ccccc1)[C@@H]1CC=CC[C@H]1C(O)(c1ccccc1)c1ccccc1. The summed E-state index contributed by atoms with van der Waals surface area (Å²) in [5.74, 6) is -0.513. The van der Waals surface area contributed by atoms with Crippen LogP contribution in [-0.2, 0) is 11.2 Å². The van der Waals surface area contributed by atoms with Crippen LogP contribution in [-0.4, -0.2) is 10.2 Å². The molecule has 0 aromatic heterocycles. The van der Waals surface area contributed by atoms with Gasteiger partial charge in [0.1, 0.15) is 11.2 Å². The van der Waals surface area contributed by atoms with Crippen molar-refractivity contribution in [3.8, 4) is 0 Å². The zero-order chi connectivity index (χ0) is 23.4. The molecule has 1 aliphatic rings. The second-order valence-electron chi connectivity index (χ2n) is 9.15. The topological polar surface area (TPSA) is 40.5 Å². The minimum Gasteiger partial charge on any atom is -0.380 e. The maximum Gasteiger partial charge on any atom is 0.118 e. The average Bonchev–Trinajstić information content (AvgIpc) is 2.94. The molecular formula is C32H30O2. The van der Waals surface area contributed by atoms with Crippen molar-refractivity contribution < 1.29 is 10.2 Å². The van der Waals surface area contributed by atoms with Gasteiger partial charge in [0.05, 0.1) is 0 Å². The summed E-state index contributed by atoms with van der Waals surface area (Å²) in [5.41, 5.74) is 0.834. The predicted molar refractivity (Wildman–Crippen MR) is 137 cm³/mol. The largest absolute Gasteiger partial charge is 0.380 e. The number of hydrogen-bond donors (Lipinski definition) is 2. The van der Waals surface area contributed by atoms with Crippen LogP contribution in [0.2, 0.25) is 0 Å². The summed E-state index contributed by atoms with van der Waals surface area (Å²) >= 11 is 0. The van der Waals surface area contributed by atoms with E-state index in [2.05, 4.69) is 12.2 Å². The highest BCUT2D eigenvalue weighted by molar-refractivity contribution is 5.42. The molecule has 0 heterocycles. The number of benzene rings is 4. The van der Waals surface area contributed by atoms with Gasteiger partial charge in [0, 0.05) is 11.8 Å². The molecule has 2 N–H and O–H groups in total. The summed E-state index contributed by atoms with van der Waals surface area (Å²) in [6.07, 6.45) is 5.61. The molecule has 0 aliphatic heterocycles. The van der Waals surface area contributed by atoms with Gasteiger partial charge < -0.3 is 10.2 Å². The molecule has 4 aromatic carbocycles. The molecule has 0 amide bonds. The first kappa shape index (κ1) is 22.3. The van der Waals surface area contributed by atoms with E-state index >= 15 is 0 Å². The quantitative estimate of drug-likeness (QED) is 0.335. The smallest absolute Gasteiger partial charge is 0.118 e. The van der Waals surface area contributed by atoms with Gasteiger partial charge in [0.25, 0.3) is 0 Å². The molecule has 5 rings (SSSR count). The highest BCUT2D eigenvalue weighted by atomic mass is 16.3. The van der Waals surface area contributed by atoms with Crippen LogP contribution in [0, 0.1) is 11.8 Å². The highest BCUT2D eigenvalue weighted by Crippen LogP contribution is 2.52. The molecular weight excluding hydrogens is 416 g/mol. The van der Waals surface area contributed by atoms with Crippen LogP contribution < -0.4 is 0 Å². The van der Waals surface area contributed by atoms with Crippen LogP contribution in [0.25, 0.3) is 0 Å². The lowest BCUT2D eigenvalue weighted by Crippen LogP contribution is -2.49. The Morgan fingerprint density at radius 3 is 0.882 bits per heavy atom. The fraction of sp³-hybridized carbons (Fsp3) is 0.188. The van der Waals surface area contributed by atoms with E-state index < -0.39 is 11.2 Å². The van der Waals surface area contributed by atoms with Crippen LogP contribution >= 0.6 is 0 Å². The van der Waals surface area contributed by atoms with Crippen molar-refractivity contribution in [1.29, 1.82) is 0 Å². The molecule has 2 nitrogen and oxygen atoms in total. The van der Waals surface area contributed by atoms with E-state index in [4.69, 9.17) is 0 Å². The Balaban J connectivity index is 1.73. The molecule has 170 valence electrons. The minimum atomic E-state index is -1.27. The normalized spacial score (nSPS) is 18.5. The summed E-state index contributed by atoms with van der Waals surface area (Å²) in [6, 6.07) is 39.6. The predicted octanol–water partition coefficient (Wildman–Crippen LogP) is 6.44. The molecule has 1 aliphatic carbocycles. The van der Waals surface area contributed by atoms with Crippen LogP contribution in [0.15, 0.2) is 133 Å². The van der Waals surface area contributed by atoms with Crippen molar-refractivity contribution in [3.05, 3.63) is 156 Å². The summed E-state index contributed by atoms with van der Waals surface area (Å²) in [6.45, 7) is 0. The maximum absolute atomic E-state index is 12.7. The lowest BCUT2D eigenvalue weighted by atomic mass is 9.59. The van der Waals surface area contributed by atoms with Gasteiger partial charge in [-0.2, -0.15) is 0 Å². The highest BCUT2D eigenvalue weighted by Gasteiger charge is 2.52. The second kappa shape index (κ2) is 9.42. The molecule has 0 radical (unpaired) electrons. The van der Waals surface area contributed by atoms with Gasteiger partial charge in [-0.3, -0.25) is 0 Å². The van der Waals surface area contributed by atoms with Gasteiger partial charge >= 0.3 is 0 Å². The Bertz CT molecular complexity index is 1040. The number of allylic oxidation sites excluding steroid dienone is 2. The van der Waals surface area contributed by atoms with Crippen molar-refractivity contribution in [2.24, 2.45) is 11.8 Å². The number of rotatable bonds is 6. The van der Waals surface area contributed by atoms with E-state index in [1.807, 2.05) is 121 Å². The fourth-order valence-corrected chi connectivity index (χ4v) is 5.70. The van der Waals surface area contributed by atoms with Crippen molar-refractivity contribution in [3.63, 3.8) is 0 Å². The van der Waals surface area contributed by atoms with Crippen molar-refractivity contribution >= 4 is 0 Å². The van der Waals surface area contributed by atoms with Gasteiger partial charge in [0.2, 0.25) is 0 Å². The summed E-state index contributed by atoms with van der Waals surface area (Å²) in [7, 11) is 0. The summed E-state index contributed by atoms with van der Waals surface area (Å²) in [4.78, 5) is 0. The summed E-state index contributed by atoms with van der Waals surface area (Å²) < 4.78 is 0. The third-order valence-electron chi connectivity index (χ3n) is 7.36. The monoisotopic (exact) mass is 446 g/mol. The third-order valence-corrected chi connectivity index (χ3v) is 7.36. The van der Waals surface area contributed by atoms with Gasteiger partial charge in [-0.15, -0.1) is 0 Å². The van der Waals surface area contributed by atoms with Gasteiger partial charge in [-0.25, -0.2) is 0 Å². The fourth-order valence-electron chi connectivity index (χ4n) is 5.70. The molecule has 34 heavy (non-hydrogen) atoms. The zero-order valence-corrected chi connectivity index (χ0v) is 19.2. The average molecular weight is 447 g/mol. The standard InChI is InChI=1S/C32H30O2/c33-31(25-15-5-1-6-16-25,26-17-7-2-8-18-26)29-23-13-14-24-30(29)32(34,27-19-9-3-10-20-27)28-21-11-4-12-22-28/h1-22,29-30,33-34H,23-24H2/t29-,30-/m1/s1. The Labute approximate surface area is 201 Å². The lowest BCUT2D eigenvalue weighted by molar-refractivity contribution is -0.0843. The van der Waals surface area contributed by atoms with E-state index in [1.165, 1.54) is 0 Å². The van der Waals surface area contributed by atoms with Crippen molar-refractivity contribution in [1.82, 2.24) is 0 Å². The van der Waals surface area contributed by atoms with Crippen LogP contribution in [0.1, 0.15) is 35.1 Å². The molecule has 4 aromatic rings.